The lowest BCUT2D eigenvalue weighted by atomic mass is 9.48. The molecule has 332 valence electrons. The zero-order valence-corrected chi connectivity index (χ0v) is 39.4. The van der Waals surface area contributed by atoms with Gasteiger partial charge in [0.05, 0.1) is 11.0 Å². The maximum absolute atomic E-state index is 2.59. The summed E-state index contributed by atoms with van der Waals surface area (Å²) in [4.78, 5) is 2.59. The predicted molar refractivity (Wildman–Crippen MR) is 278 cm³/mol. The molecule has 1 aromatic heterocycles. The second kappa shape index (κ2) is 14.1. The van der Waals surface area contributed by atoms with Crippen LogP contribution in [0.4, 0.5) is 17.1 Å². The number of nitrogens with zero attached hydrogens (tertiary/aromatic N) is 2. The highest BCUT2D eigenvalue weighted by molar-refractivity contribution is 6.15. The Morgan fingerprint density at radius 3 is 1.45 bits per heavy atom. The molecule has 1 heterocycles. The molecule has 0 atom stereocenters. The van der Waals surface area contributed by atoms with Gasteiger partial charge in [-0.25, -0.2) is 0 Å². The van der Waals surface area contributed by atoms with Crippen molar-refractivity contribution in [1.29, 1.82) is 0 Å². The first-order chi connectivity index (χ1) is 32.8. The molecular weight excluding hydrogens is 809 g/mol. The molecule has 0 saturated heterocycles. The minimum Gasteiger partial charge on any atom is -0.310 e. The highest BCUT2D eigenvalue weighted by Gasteiger charge is 2.53. The van der Waals surface area contributed by atoms with E-state index in [1.807, 2.05) is 0 Å². The summed E-state index contributed by atoms with van der Waals surface area (Å²) in [5.74, 6) is 5.64. The van der Waals surface area contributed by atoms with Crippen LogP contribution in [0.15, 0.2) is 158 Å². The highest BCUT2D eigenvalue weighted by atomic mass is 15.1. The van der Waals surface area contributed by atoms with E-state index in [1.165, 1.54) is 155 Å². The standard InChI is InChI=1S/C65H62N2/c1-63(2)58-34-54(22-23-55(58)56-24-26-60-61(62(56)63)57-33-48(47-9-5-3-6-10-47)13-25-59(57)67(60)51-11-7-4-8-12-51)66(52-18-14-49(15-19-52)64-35-41-27-42(36-64)29-43(28-41)37-64)53-20-16-50(17-21-53)65-38-44-30-45(39-65)32-46(31-44)40-65/h3-26,33-34,41-46H,27-32,35-40H2,1-2H3. The number of hydrogen-bond acceptors (Lipinski definition) is 1. The molecule has 67 heavy (non-hydrogen) atoms. The Balaban J connectivity index is 0.867. The first kappa shape index (κ1) is 39.2. The van der Waals surface area contributed by atoms with Crippen LogP contribution in [0.3, 0.4) is 0 Å². The van der Waals surface area contributed by atoms with Crippen molar-refractivity contribution in [3.05, 3.63) is 180 Å². The van der Waals surface area contributed by atoms with Crippen molar-refractivity contribution in [3.8, 4) is 27.9 Å². The quantitative estimate of drug-likeness (QED) is 0.155. The van der Waals surface area contributed by atoms with Gasteiger partial charge < -0.3 is 9.47 Å². The second-order valence-electron chi connectivity index (χ2n) is 23.8. The zero-order chi connectivity index (χ0) is 44.2. The van der Waals surface area contributed by atoms with E-state index in [1.54, 1.807) is 11.1 Å². The Morgan fingerprint density at radius 1 is 0.433 bits per heavy atom. The SMILES string of the molecule is CC1(C)c2cc(N(c3ccc(C45CC6CC(CC(C6)C4)C5)cc3)c3ccc(C45CC6CC(CC(C6)C4)C5)cc3)ccc2-c2ccc3c(c21)c1cc(-c2ccccc2)ccc1n3-c1ccccc1. The van der Waals surface area contributed by atoms with Gasteiger partial charge in [-0.2, -0.15) is 0 Å². The summed E-state index contributed by atoms with van der Waals surface area (Å²) < 4.78 is 2.49. The van der Waals surface area contributed by atoms with Crippen LogP contribution in [0.5, 0.6) is 0 Å². The van der Waals surface area contributed by atoms with Crippen molar-refractivity contribution in [2.24, 2.45) is 35.5 Å². The zero-order valence-electron chi connectivity index (χ0n) is 39.4. The lowest BCUT2D eigenvalue weighted by Gasteiger charge is -2.57. The van der Waals surface area contributed by atoms with Gasteiger partial charge in [0.15, 0.2) is 0 Å². The molecule has 9 aliphatic carbocycles. The summed E-state index contributed by atoms with van der Waals surface area (Å²) in [5, 5.41) is 2.69. The fourth-order valence-corrected chi connectivity index (χ4v) is 17.5. The van der Waals surface area contributed by atoms with E-state index in [-0.39, 0.29) is 5.41 Å². The summed E-state index contributed by atoms with van der Waals surface area (Å²) in [5.41, 5.74) is 19.3. The molecule has 0 radical (unpaired) electrons. The summed E-state index contributed by atoms with van der Waals surface area (Å²) in [6, 6.07) is 61.4. The van der Waals surface area contributed by atoms with Gasteiger partial charge in [-0.3, -0.25) is 0 Å². The molecule has 9 aliphatic rings. The fraction of sp³-hybridized carbons (Fsp3) is 0.354. The molecule has 0 spiro atoms. The summed E-state index contributed by atoms with van der Waals surface area (Å²) in [6.07, 6.45) is 17.3. The molecule has 7 aromatic carbocycles. The van der Waals surface area contributed by atoms with Gasteiger partial charge in [0, 0.05) is 38.9 Å². The van der Waals surface area contributed by atoms with Gasteiger partial charge in [0.2, 0.25) is 0 Å². The van der Waals surface area contributed by atoms with E-state index in [9.17, 15) is 0 Å². The van der Waals surface area contributed by atoms with Crippen molar-refractivity contribution in [2.45, 2.75) is 107 Å². The molecule has 0 aliphatic heterocycles. The third-order valence-electron chi connectivity index (χ3n) is 19.5. The average Bonchev–Trinajstić information content (AvgIpc) is 3.79. The molecule has 0 N–H and O–H groups in total. The Hall–Kier alpha value is -5.86. The molecule has 0 unspecified atom stereocenters. The number of hydrogen-bond donors (Lipinski definition) is 0. The number of para-hydroxylation sites is 1. The summed E-state index contributed by atoms with van der Waals surface area (Å²) >= 11 is 0. The maximum atomic E-state index is 2.59. The maximum Gasteiger partial charge on any atom is 0.0544 e. The van der Waals surface area contributed by atoms with E-state index in [0.29, 0.717) is 10.8 Å². The monoisotopic (exact) mass is 870 g/mol. The average molecular weight is 871 g/mol. The number of rotatable bonds is 7. The smallest absolute Gasteiger partial charge is 0.0544 e. The third-order valence-corrected chi connectivity index (χ3v) is 19.5. The van der Waals surface area contributed by atoms with Crippen molar-refractivity contribution >= 4 is 38.9 Å². The second-order valence-corrected chi connectivity index (χ2v) is 23.8. The first-order valence-electron chi connectivity index (χ1n) is 26.2. The Morgan fingerprint density at radius 2 is 0.910 bits per heavy atom. The van der Waals surface area contributed by atoms with E-state index in [0.717, 1.165) is 35.5 Å². The van der Waals surface area contributed by atoms with Crippen molar-refractivity contribution < 1.29 is 0 Å². The number of anilines is 3. The Bertz CT molecular complexity index is 3100. The molecule has 8 fully saturated rings. The largest absolute Gasteiger partial charge is 0.310 e. The van der Waals surface area contributed by atoms with Gasteiger partial charge in [-0.05, 0) is 235 Å². The lowest BCUT2D eigenvalue weighted by Crippen LogP contribution is -2.48. The van der Waals surface area contributed by atoms with Gasteiger partial charge in [0.25, 0.3) is 0 Å². The van der Waals surface area contributed by atoms with Gasteiger partial charge >= 0.3 is 0 Å². The number of aromatic nitrogens is 1. The number of benzene rings is 7. The minimum atomic E-state index is -0.241. The van der Waals surface area contributed by atoms with Crippen molar-refractivity contribution in [3.63, 3.8) is 0 Å². The molecule has 8 saturated carbocycles. The van der Waals surface area contributed by atoms with Crippen LogP contribution in [0.1, 0.15) is 113 Å². The van der Waals surface area contributed by atoms with Crippen LogP contribution in [0.2, 0.25) is 0 Å². The van der Waals surface area contributed by atoms with E-state index < -0.39 is 0 Å². The van der Waals surface area contributed by atoms with Crippen LogP contribution in [0, 0.1) is 35.5 Å². The van der Waals surface area contributed by atoms with E-state index in [4.69, 9.17) is 0 Å². The minimum absolute atomic E-state index is 0.241. The molecule has 0 amide bonds. The topological polar surface area (TPSA) is 8.17 Å². The van der Waals surface area contributed by atoms with Gasteiger partial charge in [-0.15, -0.1) is 0 Å². The van der Waals surface area contributed by atoms with Gasteiger partial charge in [0.1, 0.15) is 0 Å². The molecular formula is C65H62N2. The third kappa shape index (κ3) is 5.80. The van der Waals surface area contributed by atoms with Crippen molar-refractivity contribution in [2.75, 3.05) is 4.90 Å². The normalized spacial score (nSPS) is 29.2. The molecule has 17 rings (SSSR count). The van der Waals surface area contributed by atoms with Gasteiger partial charge in [-0.1, -0.05) is 105 Å². The molecule has 8 aromatic rings. The highest BCUT2D eigenvalue weighted by Crippen LogP contribution is 2.63. The summed E-state index contributed by atoms with van der Waals surface area (Å²) in [7, 11) is 0. The number of fused-ring (bicyclic) bond motifs is 7. The Labute approximate surface area is 397 Å². The molecule has 8 bridgehead atoms. The van der Waals surface area contributed by atoms with Crippen molar-refractivity contribution in [1.82, 2.24) is 4.57 Å². The van der Waals surface area contributed by atoms with Crippen LogP contribution >= 0.6 is 0 Å². The fourth-order valence-electron chi connectivity index (χ4n) is 17.5. The Kier molecular flexibility index (Phi) is 8.24. The summed E-state index contributed by atoms with van der Waals surface area (Å²) in [6.45, 7) is 4.97. The van der Waals surface area contributed by atoms with Crippen LogP contribution in [-0.2, 0) is 16.2 Å². The van der Waals surface area contributed by atoms with E-state index in [2.05, 4.69) is 181 Å². The molecule has 2 heteroatoms. The van der Waals surface area contributed by atoms with E-state index >= 15 is 0 Å². The first-order valence-corrected chi connectivity index (χ1v) is 26.2. The predicted octanol–water partition coefficient (Wildman–Crippen LogP) is 17.2. The van der Waals surface area contributed by atoms with Crippen LogP contribution < -0.4 is 4.90 Å². The van der Waals surface area contributed by atoms with Crippen LogP contribution in [-0.4, -0.2) is 4.57 Å². The van der Waals surface area contributed by atoms with Crippen LogP contribution in [0.25, 0.3) is 49.7 Å². The molecule has 2 nitrogen and oxygen atoms in total. The lowest BCUT2D eigenvalue weighted by molar-refractivity contribution is -0.00529.